The number of hydrogen-bond acceptors (Lipinski definition) is 3. The summed E-state index contributed by atoms with van der Waals surface area (Å²) in [5.41, 5.74) is 0. The number of hydrogen-bond donors (Lipinski definition) is 2. The van der Waals surface area contributed by atoms with E-state index in [1.165, 1.54) is 0 Å². The normalized spacial score (nSPS) is 20.4. The number of carboxylic acids is 1. The molecule has 0 spiro atoms. The smallest absolute Gasteiger partial charge is 0.303 e. The summed E-state index contributed by atoms with van der Waals surface area (Å²) in [6.45, 7) is 3.46. The van der Waals surface area contributed by atoms with Gasteiger partial charge in [0.15, 0.2) is 0 Å². The number of carbonyl (C=O) groups excluding carboxylic acids is 1. The van der Waals surface area contributed by atoms with Gasteiger partial charge in [0.05, 0.1) is 12.5 Å². The maximum absolute atomic E-state index is 11.8. The van der Waals surface area contributed by atoms with E-state index in [-0.39, 0.29) is 18.4 Å². The Bertz CT molecular complexity index is 300. The van der Waals surface area contributed by atoms with E-state index in [0.29, 0.717) is 25.3 Å². The molecule has 20 heavy (non-hydrogen) atoms. The molecule has 0 saturated carbocycles. The Morgan fingerprint density at radius 2 is 2.15 bits per heavy atom. The van der Waals surface area contributed by atoms with Crippen molar-refractivity contribution in [3.05, 3.63) is 0 Å². The van der Waals surface area contributed by atoms with Gasteiger partial charge in [0.25, 0.3) is 0 Å². The van der Waals surface area contributed by atoms with Crippen molar-refractivity contribution in [1.29, 1.82) is 0 Å². The van der Waals surface area contributed by atoms with Gasteiger partial charge in [-0.25, -0.2) is 0 Å². The van der Waals surface area contributed by atoms with Gasteiger partial charge >= 0.3 is 5.97 Å². The number of ether oxygens (including phenoxy) is 1. The fraction of sp³-hybridized carbons (Fsp3) is 0.867. The third kappa shape index (κ3) is 7.48. The Kier molecular flexibility index (Phi) is 8.26. The molecule has 1 saturated heterocycles. The van der Waals surface area contributed by atoms with Crippen LogP contribution in [-0.4, -0.2) is 36.2 Å². The zero-order chi connectivity index (χ0) is 14.8. The van der Waals surface area contributed by atoms with Crippen LogP contribution in [0.2, 0.25) is 0 Å². The predicted molar refractivity (Wildman–Crippen MR) is 76.5 cm³/mol. The molecule has 2 N–H and O–H groups in total. The molecule has 1 heterocycles. The number of carboxylic acid groups (broad SMARTS) is 1. The van der Waals surface area contributed by atoms with Gasteiger partial charge in [-0.3, -0.25) is 9.59 Å². The van der Waals surface area contributed by atoms with E-state index in [4.69, 9.17) is 9.84 Å². The van der Waals surface area contributed by atoms with Crippen LogP contribution in [0, 0.1) is 5.92 Å². The molecule has 2 atom stereocenters. The molecule has 0 bridgehead atoms. The third-order valence-corrected chi connectivity index (χ3v) is 3.91. The quantitative estimate of drug-likeness (QED) is 0.682. The minimum Gasteiger partial charge on any atom is -0.481 e. The van der Waals surface area contributed by atoms with Crippen molar-refractivity contribution in [2.24, 2.45) is 5.92 Å². The fourth-order valence-electron chi connectivity index (χ4n) is 2.54. The van der Waals surface area contributed by atoms with Crippen LogP contribution in [-0.2, 0) is 14.3 Å². The average Bonchev–Trinajstić information content (AvgIpc) is 2.43. The second kappa shape index (κ2) is 9.75. The second-order valence-electron chi connectivity index (χ2n) is 5.54. The Balaban J connectivity index is 2.11. The average molecular weight is 285 g/mol. The number of rotatable bonds is 9. The molecule has 1 fully saturated rings. The molecule has 5 nitrogen and oxygen atoms in total. The summed E-state index contributed by atoms with van der Waals surface area (Å²) in [7, 11) is 0. The lowest BCUT2D eigenvalue weighted by atomic mass is 9.96. The molecule has 0 aromatic heterocycles. The first-order valence-corrected chi connectivity index (χ1v) is 7.72. The number of nitrogens with one attached hydrogen (secondary N) is 1. The summed E-state index contributed by atoms with van der Waals surface area (Å²) < 4.78 is 5.54. The highest BCUT2D eigenvalue weighted by molar-refractivity contribution is 5.76. The van der Waals surface area contributed by atoms with E-state index in [1.807, 2.05) is 0 Å². The third-order valence-electron chi connectivity index (χ3n) is 3.91. The van der Waals surface area contributed by atoms with Gasteiger partial charge in [0.2, 0.25) is 5.91 Å². The Hall–Kier alpha value is -1.10. The van der Waals surface area contributed by atoms with Crippen molar-refractivity contribution in [1.82, 2.24) is 5.32 Å². The van der Waals surface area contributed by atoms with Crippen molar-refractivity contribution in [2.45, 2.75) is 64.4 Å². The maximum atomic E-state index is 11.8. The summed E-state index contributed by atoms with van der Waals surface area (Å²) in [4.78, 5) is 22.3. The number of carbonyl (C=O) groups is 2. The molecule has 1 aliphatic rings. The van der Waals surface area contributed by atoms with Gasteiger partial charge in [-0.2, -0.15) is 0 Å². The molecule has 0 aromatic rings. The highest BCUT2D eigenvalue weighted by atomic mass is 16.5. The molecular formula is C15H27NO4. The molecule has 1 rings (SSSR count). The highest BCUT2D eigenvalue weighted by Crippen LogP contribution is 2.16. The lowest BCUT2D eigenvalue weighted by molar-refractivity contribution is -0.137. The molecule has 0 aromatic carbocycles. The van der Waals surface area contributed by atoms with Gasteiger partial charge in [-0.15, -0.1) is 0 Å². The van der Waals surface area contributed by atoms with E-state index in [9.17, 15) is 9.59 Å². The first kappa shape index (κ1) is 17.0. The zero-order valence-electron chi connectivity index (χ0n) is 12.4. The topological polar surface area (TPSA) is 75.6 Å². The van der Waals surface area contributed by atoms with E-state index < -0.39 is 5.97 Å². The second-order valence-corrected chi connectivity index (χ2v) is 5.54. The molecular weight excluding hydrogens is 258 g/mol. The van der Waals surface area contributed by atoms with Gasteiger partial charge in [0, 0.05) is 19.6 Å². The monoisotopic (exact) mass is 285 g/mol. The van der Waals surface area contributed by atoms with Crippen LogP contribution >= 0.6 is 0 Å². The first-order chi connectivity index (χ1) is 9.61. The number of amides is 1. The van der Waals surface area contributed by atoms with E-state index in [1.54, 1.807) is 0 Å². The fourth-order valence-corrected chi connectivity index (χ4v) is 2.54. The van der Waals surface area contributed by atoms with Crippen LogP contribution in [0.1, 0.15) is 58.3 Å². The Labute approximate surface area is 121 Å². The zero-order valence-corrected chi connectivity index (χ0v) is 12.4. The molecule has 5 heteroatoms. The van der Waals surface area contributed by atoms with Gasteiger partial charge < -0.3 is 15.2 Å². The summed E-state index contributed by atoms with van der Waals surface area (Å²) in [5, 5.41) is 11.6. The van der Waals surface area contributed by atoms with E-state index in [2.05, 4.69) is 12.2 Å². The lowest BCUT2D eigenvalue weighted by Crippen LogP contribution is -2.31. The van der Waals surface area contributed by atoms with Gasteiger partial charge in [0.1, 0.15) is 0 Å². The SMILES string of the molecule is CCC(CCNC(=O)CC1CCCCO1)CCC(=O)O. The molecule has 0 aliphatic carbocycles. The van der Waals surface area contributed by atoms with E-state index >= 15 is 0 Å². The van der Waals surface area contributed by atoms with Crippen molar-refractivity contribution >= 4 is 11.9 Å². The van der Waals surface area contributed by atoms with Crippen LogP contribution in [0.4, 0.5) is 0 Å². The predicted octanol–water partition coefficient (Wildman–Crippen LogP) is 2.34. The van der Waals surface area contributed by atoms with Crippen LogP contribution in [0.5, 0.6) is 0 Å². The van der Waals surface area contributed by atoms with Crippen molar-refractivity contribution < 1.29 is 19.4 Å². The molecule has 1 amide bonds. The lowest BCUT2D eigenvalue weighted by Gasteiger charge is -2.22. The summed E-state index contributed by atoms with van der Waals surface area (Å²) in [6.07, 6.45) is 6.45. The van der Waals surface area contributed by atoms with Crippen molar-refractivity contribution in [3.8, 4) is 0 Å². The summed E-state index contributed by atoms with van der Waals surface area (Å²) in [6, 6.07) is 0. The summed E-state index contributed by atoms with van der Waals surface area (Å²) in [5.74, 6) is -0.329. The van der Waals surface area contributed by atoms with Gasteiger partial charge in [-0.05, 0) is 38.0 Å². The van der Waals surface area contributed by atoms with Gasteiger partial charge in [-0.1, -0.05) is 13.3 Å². The maximum Gasteiger partial charge on any atom is 0.303 e. The summed E-state index contributed by atoms with van der Waals surface area (Å²) >= 11 is 0. The molecule has 2 unspecified atom stereocenters. The van der Waals surface area contributed by atoms with Crippen LogP contribution in [0.25, 0.3) is 0 Å². The largest absolute Gasteiger partial charge is 0.481 e. The molecule has 1 aliphatic heterocycles. The molecule has 116 valence electrons. The molecule has 0 radical (unpaired) electrons. The minimum absolute atomic E-state index is 0.0463. The van der Waals surface area contributed by atoms with Crippen LogP contribution in [0.3, 0.4) is 0 Å². The minimum atomic E-state index is -0.748. The standard InChI is InChI=1S/C15H27NO4/c1-2-12(6-7-15(18)19)8-9-16-14(17)11-13-5-3-4-10-20-13/h12-13H,2-11H2,1H3,(H,16,17)(H,18,19). The van der Waals surface area contributed by atoms with Crippen LogP contribution < -0.4 is 5.32 Å². The van der Waals surface area contributed by atoms with Crippen molar-refractivity contribution in [2.75, 3.05) is 13.2 Å². The highest BCUT2D eigenvalue weighted by Gasteiger charge is 2.17. The number of aliphatic carboxylic acids is 1. The first-order valence-electron chi connectivity index (χ1n) is 7.72. The van der Waals surface area contributed by atoms with E-state index in [0.717, 1.165) is 38.7 Å². The Morgan fingerprint density at radius 3 is 2.75 bits per heavy atom. The van der Waals surface area contributed by atoms with Crippen LogP contribution in [0.15, 0.2) is 0 Å². The van der Waals surface area contributed by atoms with Crippen molar-refractivity contribution in [3.63, 3.8) is 0 Å². The Morgan fingerprint density at radius 1 is 1.35 bits per heavy atom.